The third-order valence-corrected chi connectivity index (χ3v) is 8.87. The van der Waals surface area contributed by atoms with Crippen molar-refractivity contribution in [2.45, 2.75) is 39.8 Å². The number of hydrogen-bond acceptors (Lipinski definition) is 7. The molecule has 0 aromatic carbocycles. The summed E-state index contributed by atoms with van der Waals surface area (Å²) in [6.07, 6.45) is 2.84. The largest absolute Gasteiger partial charge is 0.379 e. The molecule has 7 nitrogen and oxygen atoms in total. The highest BCUT2D eigenvalue weighted by molar-refractivity contribution is 7.19. The predicted octanol–water partition coefficient (Wildman–Crippen LogP) is 4.23. The van der Waals surface area contributed by atoms with Crippen LogP contribution in [0.1, 0.15) is 30.8 Å². The van der Waals surface area contributed by atoms with Gasteiger partial charge in [0.2, 0.25) is 11.8 Å². The highest BCUT2D eigenvalue weighted by Crippen LogP contribution is 2.63. The zero-order chi connectivity index (χ0) is 23.8. The van der Waals surface area contributed by atoms with E-state index in [1.807, 2.05) is 39.0 Å². The second-order valence-corrected chi connectivity index (χ2v) is 11.6. The average molecular weight is 496 g/mol. The van der Waals surface area contributed by atoms with Crippen molar-refractivity contribution in [2.24, 2.45) is 17.3 Å². The number of hydrogen-bond donors (Lipinski definition) is 2. The van der Waals surface area contributed by atoms with E-state index in [0.717, 1.165) is 57.1 Å². The second kappa shape index (κ2) is 7.73. The number of nitrogens with zero attached hydrogens (tertiary/aromatic N) is 3. The highest BCUT2D eigenvalue weighted by Gasteiger charge is 2.72. The van der Waals surface area contributed by atoms with Gasteiger partial charge < -0.3 is 10.6 Å². The number of thiophene rings is 1. The lowest BCUT2D eigenvalue weighted by molar-refractivity contribution is -0.143. The third kappa shape index (κ3) is 3.34. The summed E-state index contributed by atoms with van der Waals surface area (Å²) in [5, 5.41) is 7.50. The molecule has 0 radical (unpaired) electrons. The van der Waals surface area contributed by atoms with E-state index in [0.29, 0.717) is 17.7 Å². The normalized spacial score (nSPS) is 25.3. The van der Waals surface area contributed by atoms with Crippen molar-refractivity contribution in [1.29, 1.82) is 0 Å². The Morgan fingerprint density at radius 2 is 2.00 bits per heavy atom. The van der Waals surface area contributed by atoms with Gasteiger partial charge >= 0.3 is 0 Å². The molecule has 0 spiro atoms. The second-order valence-electron chi connectivity index (χ2n) is 10.1. The smallest absolute Gasteiger partial charge is 0.234 e. The van der Waals surface area contributed by atoms with Crippen LogP contribution in [0.4, 0.5) is 5.69 Å². The fourth-order valence-electron chi connectivity index (χ4n) is 5.60. The van der Waals surface area contributed by atoms with E-state index in [2.05, 4.69) is 20.6 Å². The number of likely N-dealkylation sites (tertiary alicyclic amines) is 1. The summed E-state index contributed by atoms with van der Waals surface area (Å²) in [7, 11) is 0. The number of nitrogens with one attached hydrogen (secondary N) is 2. The van der Waals surface area contributed by atoms with Crippen LogP contribution in [0.3, 0.4) is 0 Å². The summed E-state index contributed by atoms with van der Waals surface area (Å²) >= 11 is 7.96. The minimum Gasteiger partial charge on any atom is -0.379 e. The maximum absolute atomic E-state index is 12.8. The SMILES string of the molecule is Cc1nc(Cl)cc(-c2ccnc3cc(CN4C(=O)C5C(C4=O)C5(C)C)sc23)c1NC1CCNC1. The van der Waals surface area contributed by atoms with Gasteiger partial charge in [0.25, 0.3) is 0 Å². The van der Waals surface area contributed by atoms with E-state index in [4.69, 9.17) is 11.6 Å². The van der Waals surface area contributed by atoms with Crippen LogP contribution in [0.15, 0.2) is 24.4 Å². The molecule has 3 atom stereocenters. The van der Waals surface area contributed by atoms with Crippen LogP contribution in [0.2, 0.25) is 5.15 Å². The van der Waals surface area contributed by atoms with Crippen molar-refractivity contribution in [1.82, 2.24) is 20.2 Å². The molecule has 2 amide bonds. The Balaban J connectivity index is 1.36. The van der Waals surface area contributed by atoms with Crippen molar-refractivity contribution in [3.8, 4) is 11.1 Å². The fourth-order valence-corrected chi connectivity index (χ4v) is 6.97. The summed E-state index contributed by atoms with van der Waals surface area (Å²) in [6, 6.07) is 6.22. The highest BCUT2D eigenvalue weighted by atomic mass is 35.5. The molecule has 3 aromatic rings. The molecular formula is C25H26ClN5O2S. The predicted molar refractivity (Wildman–Crippen MR) is 134 cm³/mol. The molecule has 2 N–H and O–H groups in total. The maximum Gasteiger partial charge on any atom is 0.234 e. The maximum atomic E-state index is 12.8. The Morgan fingerprint density at radius 3 is 2.71 bits per heavy atom. The van der Waals surface area contributed by atoms with Crippen LogP contribution >= 0.6 is 22.9 Å². The molecule has 3 aromatic heterocycles. The van der Waals surface area contributed by atoms with E-state index < -0.39 is 0 Å². The van der Waals surface area contributed by atoms with Gasteiger partial charge in [-0.1, -0.05) is 25.4 Å². The minimum atomic E-state index is -0.198. The van der Waals surface area contributed by atoms with E-state index in [1.54, 1.807) is 17.5 Å². The van der Waals surface area contributed by atoms with Gasteiger partial charge in [0.05, 0.1) is 40.0 Å². The van der Waals surface area contributed by atoms with Gasteiger partial charge in [-0.25, -0.2) is 4.98 Å². The number of anilines is 1. The number of aromatic nitrogens is 2. The van der Waals surface area contributed by atoms with Gasteiger partial charge in [-0.3, -0.25) is 19.5 Å². The summed E-state index contributed by atoms with van der Waals surface area (Å²) in [5.41, 5.74) is 4.49. The summed E-state index contributed by atoms with van der Waals surface area (Å²) in [5.74, 6) is -0.412. The number of imide groups is 1. The molecule has 2 aliphatic heterocycles. The van der Waals surface area contributed by atoms with Gasteiger partial charge in [-0.15, -0.1) is 11.3 Å². The Kier molecular flexibility index (Phi) is 4.99. The molecule has 9 heteroatoms. The number of rotatable bonds is 5. The molecule has 1 aliphatic carbocycles. The first kappa shape index (κ1) is 21.9. The van der Waals surface area contributed by atoms with Crippen LogP contribution in [0.25, 0.3) is 21.3 Å². The number of halogens is 1. The summed E-state index contributed by atoms with van der Waals surface area (Å²) < 4.78 is 1.01. The monoisotopic (exact) mass is 495 g/mol. The molecule has 3 unspecified atom stereocenters. The number of amides is 2. The van der Waals surface area contributed by atoms with Crippen molar-refractivity contribution in [3.05, 3.63) is 40.1 Å². The van der Waals surface area contributed by atoms with E-state index in [-0.39, 0.29) is 29.1 Å². The summed E-state index contributed by atoms with van der Waals surface area (Å²) in [6.45, 7) is 8.17. The van der Waals surface area contributed by atoms with E-state index in [9.17, 15) is 9.59 Å². The zero-order valence-corrected chi connectivity index (χ0v) is 20.9. The van der Waals surface area contributed by atoms with E-state index >= 15 is 0 Å². The number of carbonyl (C=O) groups excluding carboxylic acids is 2. The summed E-state index contributed by atoms with van der Waals surface area (Å²) in [4.78, 5) is 37.1. The molecule has 34 heavy (non-hydrogen) atoms. The number of pyridine rings is 2. The van der Waals surface area contributed by atoms with Gasteiger partial charge in [0, 0.05) is 34.8 Å². The molecule has 176 valence electrons. The number of aryl methyl sites for hydroxylation is 1. The first-order chi connectivity index (χ1) is 16.3. The van der Waals surface area contributed by atoms with Gasteiger partial charge in [-0.05, 0) is 43.5 Å². The van der Waals surface area contributed by atoms with Gasteiger partial charge in [0.15, 0.2) is 0 Å². The Hall–Kier alpha value is -2.55. The topological polar surface area (TPSA) is 87.2 Å². The van der Waals surface area contributed by atoms with Gasteiger partial charge in [0.1, 0.15) is 5.15 Å². The quantitative estimate of drug-likeness (QED) is 0.407. The molecule has 1 saturated carbocycles. The van der Waals surface area contributed by atoms with Crippen LogP contribution < -0.4 is 10.6 Å². The van der Waals surface area contributed by atoms with E-state index in [1.165, 1.54) is 4.90 Å². The molecule has 2 saturated heterocycles. The number of carbonyl (C=O) groups is 2. The molecular weight excluding hydrogens is 470 g/mol. The molecule has 5 heterocycles. The van der Waals surface area contributed by atoms with Crippen molar-refractivity contribution >= 4 is 50.7 Å². The number of fused-ring (bicyclic) bond motifs is 2. The van der Waals surface area contributed by atoms with Gasteiger partial charge in [-0.2, -0.15) is 0 Å². The number of piperidine rings is 1. The van der Waals surface area contributed by atoms with Crippen molar-refractivity contribution < 1.29 is 9.59 Å². The zero-order valence-electron chi connectivity index (χ0n) is 19.3. The Bertz CT molecular complexity index is 1320. The first-order valence-electron chi connectivity index (χ1n) is 11.6. The molecule has 6 rings (SSSR count). The lowest BCUT2D eigenvalue weighted by Gasteiger charge is -2.20. The molecule has 3 aliphatic rings. The lowest BCUT2D eigenvalue weighted by atomic mass is 10.0. The van der Waals surface area contributed by atoms with Crippen molar-refractivity contribution in [3.63, 3.8) is 0 Å². The van der Waals surface area contributed by atoms with Crippen molar-refractivity contribution in [2.75, 3.05) is 18.4 Å². The first-order valence-corrected chi connectivity index (χ1v) is 12.8. The average Bonchev–Trinajstić information content (AvgIpc) is 3.24. The fraction of sp³-hybridized carbons (Fsp3) is 0.440. The molecule has 3 fully saturated rings. The standard InChI is InChI=1S/C25H26ClN5O2S/c1-12-21(30-13-4-6-27-10-13)16(9-18(26)29-12)15-5-7-28-17-8-14(34-22(15)17)11-31-23(32)19-20(24(31)33)25(19,2)3/h5,7-9,13,19-20,27,30H,4,6,10-11H2,1-3H3. The minimum absolute atomic E-state index is 0.0427. The van der Waals surface area contributed by atoms with Crippen LogP contribution in [-0.2, 0) is 16.1 Å². The van der Waals surface area contributed by atoms with Crippen LogP contribution in [0, 0.1) is 24.2 Å². The Morgan fingerprint density at radius 1 is 1.24 bits per heavy atom. The Labute approximate surface area is 206 Å². The van der Waals surface area contributed by atoms with Crippen LogP contribution in [0.5, 0.6) is 0 Å². The lowest BCUT2D eigenvalue weighted by Crippen LogP contribution is -2.35. The molecule has 0 bridgehead atoms. The van der Waals surface area contributed by atoms with Crippen LogP contribution in [-0.4, -0.2) is 45.8 Å². The third-order valence-electron chi connectivity index (χ3n) is 7.54.